The van der Waals surface area contributed by atoms with Gasteiger partial charge in [-0.1, -0.05) is 18.5 Å². The third kappa shape index (κ3) is 5.14. The number of hydrogen-bond donors (Lipinski definition) is 2. The molecule has 40 heavy (non-hydrogen) atoms. The van der Waals surface area contributed by atoms with Gasteiger partial charge >= 0.3 is 10.2 Å². The summed E-state index contributed by atoms with van der Waals surface area (Å²) in [5.74, 6) is -1.48. The van der Waals surface area contributed by atoms with Crippen LogP contribution in [0, 0.1) is 22.6 Å². The zero-order chi connectivity index (χ0) is 28.7. The summed E-state index contributed by atoms with van der Waals surface area (Å²) in [6.45, 7) is 3.78. The van der Waals surface area contributed by atoms with Crippen LogP contribution >= 0.6 is 11.6 Å². The first kappa shape index (κ1) is 28.3. The van der Waals surface area contributed by atoms with Gasteiger partial charge in [-0.25, -0.2) is 9.37 Å². The molecule has 3 aromatic rings. The third-order valence-electron chi connectivity index (χ3n) is 8.12. The number of fused-ring (bicyclic) bond motifs is 1. The van der Waals surface area contributed by atoms with Crippen LogP contribution in [0.3, 0.4) is 0 Å². The van der Waals surface area contributed by atoms with Gasteiger partial charge in [-0.3, -0.25) is 14.1 Å². The van der Waals surface area contributed by atoms with Gasteiger partial charge in [0.2, 0.25) is 0 Å². The van der Waals surface area contributed by atoms with E-state index in [4.69, 9.17) is 16.3 Å². The standard InChI is InChI=1S/C27H30ClFN6O4S/c1-3-34(2)40(37,38)33-20-5-4-19(29)25(18(20)15-30)39-22-7-6-21-23(24(22)28)26(36)35(16-32-21)17-8-9-27(14-17)10-12-31-13-11-27/h4-7,16-17,31,33H,3,8-14H2,1-2H3/t17-/m1/s1. The number of anilines is 1. The van der Waals surface area contributed by atoms with E-state index in [1.165, 1.54) is 19.2 Å². The number of aromatic nitrogens is 2. The fourth-order valence-electron chi connectivity index (χ4n) is 5.68. The maximum Gasteiger partial charge on any atom is 0.301 e. The predicted molar refractivity (Wildman–Crippen MR) is 150 cm³/mol. The quantitative estimate of drug-likeness (QED) is 0.414. The Kier molecular flexibility index (Phi) is 7.76. The molecule has 10 nitrogen and oxygen atoms in total. The molecule has 2 N–H and O–H groups in total. The van der Waals surface area contributed by atoms with Gasteiger partial charge in [-0.2, -0.15) is 18.0 Å². The van der Waals surface area contributed by atoms with Crippen molar-refractivity contribution < 1.29 is 17.5 Å². The Labute approximate surface area is 236 Å². The molecule has 2 fully saturated rings. The maximum atomic E-state index is 14.9. The summed E-state index contributed by atoms with van der Waals surface area (Å²) in [6.07, 6.45) is 6.52. The van der Waals surface area contributed by atoms with Gasteiger partial charge in [0.1, 0.15) is 17.4 Å². The van der Waals surface area contributed by atoms with E-state index in [0.717, 1.165) is 61.6 Å². The van der Waals surface area contributed by atoms with Crippen molar-refractivity contribution in [3.05, 3.63) is 57.3 Å². The van der Waals surface area contributed by atoms with Crippen molar-refractivity contribution in [1.29, 1.82) is 5.26 Å². The smallest absolute Gasteiger partial charge is 0.301 e. The number of halogens is 2. The van der Waals surface area contributed by atoms with Crippen molar-refractivity contribution >= 4 is 38.4 Å². The van der Waals surface area contributed by atoms with Crippen molar-refractivity contribution in [3.63, 3.8) is 0 Å². The summed E-state index contributed by atoms with van der Waals surface area (Å²) in [5.41, 5.74) is -0.262. The highest BCUT2D eigenvalue weighted by molar-refractivity contribution is 7.90. The molecule has 0 bridgehead atoms. The molecule has 1 saturated heterocycles. The van der Waals surface area contributed by atoms with E-state index in [1.54, 1.807) is 17.8 Å². The minimum Gasteiger partial charge on any atom is -0.451 e. The molecular weight excluding hydrogens is 559 g/mol. The Bertz CT molecular complexity index is 1670. The molecular formula is C27H30ClFN6O4S. The monoisotopic (exact) mass is 588 g/mol. The van der Waals surface area contributed by atoms with Crippen LogP contribution in [0.25, 0.3) is 10.9 Å². The lowest BCUT2D eigenvalue weighted by Gasteiger charge is -2.34. The van der Waals surface area contributed by atoms with Gasteiger partial charge in [0.25, 0.3) is 5.56 Å². The topological polar surface area (TPSA) is 129 Å². The Morgan fingerprint density at radius 1 is 1.30 bits per heavy atom. The number of rotatable bonds is 7. The lowest BCUT2D eigenvalue weighted by Crippen LogP contribution is -2.35. The van der Waals surface area contributed by atoms with Gasteiger partial charge in [-0.05, 0) is 74.9 Å². The fourth-order valence-corrected chi connectivity index (χ4v) is 6.90. The van der Waals surface area contributed by atoms with Crippen LogP contribution in [0.5, 0.6) is 11.5 Å². The lowest BCUT2D eigenvalue weighted by molar-refractivity contribution is 0.201. The molecule has 2 heterocycles. The van der Waals surface area contributed by atoms with Crippen molar-refractivity contribution in [2.75, 3.05) is 31.4 Å². The Hall–Kier alpha value is -3.24. The summed E-state index contributed by atoms with van der Waals surface area (Å²) in [6, 6.07) is 6.91. The molecule has 212 valence electrons. The van der Waals surface area contributed by atoms with Crippen molar-refractivity contribution in [1.82, 2.24) is 19.2 Å². The van der Waals surface area contributed by atoms with E-state index in [2.05, 4.69) is 15.0 Å². The van der Waals surface area contributed by atoms with Crippen LogP contribution < -0.4 is 20.3 Å². The van der Waals surface area contributed by atoms with E-state index in [-0.39, 0.29) is 51.0 Å². The van der Waals surface area contributed by atoms with Crippen LogP contribution in [0.2, 0.25) is 5.02 Å². The number of hydrogen-bond acceptors (Lipinski definition) is 7. The van der Waals surface area contributed by atoms with E-state index < -0.39 is 21.8 Å². The second kappa shape index (κ2) is 11.0. The number of nitrogens with zero attached hydrogens (tertiary/aromatic N) is 4. The van der Waals surface area contributed by atoms with E-state index in [1.807, 2.05) is 6.07 Å². The van der Waals surface area contributed by atoms with Crippen LogP contribution in [-0.4, -0.2) is 49.0 Å². The van der Waals surface area contributed by atoms with Crippen molar-refractivity contribution in [3.8, 4) is 17.6 Å². The summed E-state index contributed by atoms with van der Waals surface area (Å²) < 4.78 is 50.7. The minimum atomic E-state index is -3.99. The van der Waals surface area contributed by atoms with Crippen LogP contribution in [0.4, 0.5) is 10.1 Å². The Morgan fingerprint density at radius 2 is 2.05 bits per heavy atom. The molecule has 2 aliphatic rings. The molecule has 1 aromatic heterocycles. The summed E-state index contributed by atoms with van der Waals surface area (Å²) in [5, 5.41) is 13.3. The minimum absolute atomic E-state index is 0.00302. The first-order valence-electron chi connectivity index (χ1n) is 13.1. The molecule has 0 radical (unpaired) electrons. The molecule has 1 atom stereocenters. The first-order chi connectivity index (χ1) is 19.1. The zero-order valence-electron chi connectivity index (χ0n) is 22.2. The van der Waals surface area contributed by atoms with E-state index >= 15 is 0 Å². The van der Waals surface area contributed by atoms with Gasteiger partial charge in [0.05, 0.1) is 27.9 Å². The molecule has 0 amide bonds. The highest BCUT2D eigenvalue weighted by atomic mass is 35.5. The molecule has 1 aliphatic carbocycles. The molecule has 1 saturated carbocycles. The fraction of sp³-hybridized carbons (Fsp3) is 0.444. The second-order valence-corrected chi connectivity index (χ2v) is 12.6. The first-order valence-corrected chi connectivity index (χ1v) is 15.0. The highest BCUT2D eigenvalue weighted by Gasteiger charge is 2.40. The predicted octanol–water partition coefficient (Wildman–Crippen LogP) is 4.56. The number of nitriles is 1. The van der Waals surface area contributed by atoms with E-state index in [0.29, 0.717) is 5.52 Å². The molecule has 2 aromatic carbocycles. The lowest BCUT2D eigenvalue weighted by atomic mass is 9.77. The number of piperidine rings is 1. The summed E-state index contributed by atoms with van der Waals surface area (Å²) in [7, 11) is -2.63. The normalized spacial score (nSPS) is 18.8. The van der Waals surface area contributed by atoms with Crippen molar-refractivity contribution in [2.24, 2.45) is 5.41 Å². The second-order valence-electron chi connectivity index (χ2n) is 10.4. The largest absolute Gasteiger partial charge is 0.451 e. The average Bonchev–Trinajstić information content (AvgIpc) is 3.34. The highest BCUT2D eigenvalue weighted by Crippen LogP contribution is 2.49. The third-order valence-corrected chi connectivity index (χ3v) is 10.0. The molecule has 1 aliphatic heterocycles. The molecule has 1 spiro atoms. The van der Waals surface area contributed by atoms with Crippen LogP contribution in [0.15, 0.2) is 35.4 Å². The molecule has 13 heteroatoms. The average molecular weight is 589 g/mol. The Morgan fingerprint density at radius 3 is 2.75 bits per heavy atom. The molecule has 5 rings (SSSR count). The molecule has 0 unspecified atom stereocenters. The number of ether oxygens (including phenoxy) is 1. The Balaban J connectivity index is 1.51. The summed E-state index contributed by atoms with van der Waals surface area (Å²) in [4.78, 5) is 18.1. The van der Waals surface area contributed by atoms with Crippen LogP contribution in [-0.2, 0) is 10.2 Å². The van der Waals surface area contributed by atoms with Gasteiger partial charge < -0.3 is 10.1 Å². The summed E-state index contributed by atoms with van der Waals surface area (Å²) >= 11 is 6.66. The van der Waals surface area contributed by atoms with Crippen molar-refractivity contribution in [2.45, 2.75) is 45.1 Å². The number of nitrogens with one attached hydrogen (secondary N) is 2. The van der Waals surface area contributed by atoms with Gasteiger partial charge in [-0.15, -0.1) is 0 Å². The maximum absolute atomic E-state index is 14.9. The zero-order valence-corrected chi connectivity index (χ0v) is 23.8. The van der Waals surface area contributed by atoms with Gasteiger partial charge in [0.15, 0.2) is 11.6 Å². The number of benzene rings is 2. The van der Waals surface area contributed by atoms with Crippen LogP contribution in [0.1, 0.15) is 50.6 Å². The van der Waals surface area contributed by atoms with E-state index in [9.17, 15) is 22.9 Å². The van der Waals surface area contributed by atoms with Gasteiger partial charge in [0, 0.05) is 19.6 Å². The SMILES string of the molecule is CCN(C)S(=O)(=O)Nc1ccc(F)c(Oc2ccc3ncn([C@@H]4CCC5(CCNCC5)C4)c(=O)c3c2Cl)c1C#N.